The van der Waals surface area contributed by atoms with Gasteiger partial charge in [-0.3, -0.25) is 4.40 Å². The molecule has 0 atom stereocenters. The van der Waals surface area contributed by atoms with E-state index in [1.54, 1.807) is 18.4 Å². The molecule has 0 saturated carbocycles. The van der Waals surface area contributed by atoms with Crippen molar-refractivity contribution >= 4 is 16.3 Å². The van der Waals surface area contributed by atoms with Crippen LogP contribution in [-0.2, 0) is 11.3 Å². The topological polar surface area (TPSA) is 41.8 Å². The van der Waals surface area contributed by atoms with E-state index in [-0.39, 0.29) is 0 Å². The Bertz CT molecular complexity index is 439. The predicted molar refractivity (Wildman–Crippen MR) is 74.1 cm³/mol. The summed E-state index contributed by atoms with van der Waals surface area (Å²) < 4.78 is 7.10. The second-order valence-electron chi connectivity index (χ2n) is 4.30. The Morgan fingerprint density at radius 2 is 2.39 bits per heavy atom. The Hall–Kier alpha value is -0.950. The summed E-state index contributed by atoms with van der Waals surface area (Å²) in [6, 6.07) is 0. The van der Waals surface area contributed by atoms with Gasteiger partial charge < -0.3 is 15.0 Å². The lowest BCUT2D eigenvalue weighted by molar-refractivity contribution is 0.161. The predicted octanol–water partition coefficient (Wildman–Crippen LogP) is 1.06. The average Bonchev–Trinajstić information content (AvgIpc) is 2.92. The van der Waals surface area contributed by atoms with Crippen molar-refractivity contribution in [2.45, 2.75) is 6.54 Å². The quantitative estimate of drug-likeness (QED) is 0.727. The zero-order chi connectivity index (χ0) is 12.8. The molecule has 0 amide bonds. The minimum Gasteiger partial charge on any atom is -0.383 e. The fourth-order valence-corrected chi connectivity index (χ4v) is 2.43. The normalized spacial score (nSPS) is 11.7. The fourth-order valence-electron chi connectivity index (χ4n) is 1.71. The molecule has 2 aromatic heterocycles. The second kappa shape index (κ2) is 6.84. The molecule has 18 heavy (non-hydrogen) atoms. The Kier molecular flexibility index (Phi) is 5.12. The van der Waals surface area contributed by atoms with E-state index >= 15 is 0 Å². The van der Waals surface area contributed by atoms with Crippen molar-refractivity contribution < 1.29 is 4.74 Å². The van der Waals surface area contributed by atoms with E-state index in [1.165, 1.54) is 0 Å². The molecule has 0 bridgehead atoms. The number of fused-ring (bicyclic) bond motifs is 1. The number of methoxy groups -OCH3 is 1. The second-order valence-corrected chi connectivity index (χ2v) is 5.17. The van der Waals surface area contributed by atoms with E-state index in [0.29, 0.717) is 0 Å². The van der Waals surface area contributed by atoms with Gasteiger partial charge in [0.15, 0.2) is 4.96 Å². The molecule has 2 rings (SSSR count). The van der Waals surface area contributed by atoms with Crippen molar-refractivity contribution in [2.75, 3.05) is 40.4 Å². The average molecular weight is 268 g/mol. The minimum atomic E-state index is 0.786. The molecule has 0 radical (unpaired) electrons. The highest BCUT2D eigenvalue weighted by molar-refractivity contribution is 7.15. The van der Waals surface area contributed by atoms with E-state index in [9.17, 15) is 0 Å². The molecule has 100 valence electrons. The number of nitrogens with zero attached hydrogens (tertiary/aromatic N) is 3. The molecule has 0 aromatic carbocycles. The molecule has 0 aliphatic carbocycles. The SMILES string of the molecule is COCCN(C)CCNCc1cn2ccsc2n1. The molecule has 0 aliphatic rings. The summed E-state index contributed by atoms with van der Waals surface area (Å²) in [6.07, 6.45) is 4.11. The molecule has 2 aromatic rings. The largest absolute Gasteiger partial charge is 0.383 e. The Labute approximate surface area is 111 Å². The van der Waals surface area contributed by atoms with E-state index in [2.05, 4.69) is 32.8 Å². The van der Waals surface area contributed by atoms with Crippen LogP contribution in [0.1, 0.15) is 5.69 Å². The Morgan fingerprint density at radius 1 is 1.50 bits per heavy atom. The van der Waals surface area contributed by atoms with Crippen LogP contribution in [0.5, 0.6) is 0 Å². The molecule has 5 nitrogen and oxygen atoms in total. The van der Waals surface area contributed by atoms with Gasteiger partial charge in [-0.05, 0) is 7.05 Å². The van der Waals surface area contributed by atoms with Crippen molar-refractivity contribution in [3.8, 4) is 0 Å². The number of hydrogen-bond donors (Lipinski definition) is 1. The van der Waals surface area contributed by atoms with Gasteiger partial charge in [0.2, 0.25) is 0 Å². The third-order valence-electron chi connectivity index (χ3n) is 2.80. The van der Waals surface area contributed by atoms with Crippen molar-refractivity contribution in [1.29, 1.82) is 0 Å². The molecule has 0 saturated heterocycles. The molecular formula is C12H20N4OS. The highest BCUT2D eigenvalue weighted by atomic mass is 32.1. The van der Waals surface area contributed by atoms with Crippen LogP contribution in [-0.4, -0.2) is 54.7 Å². The third-order valence-corrected chi connectivity index (χ3v) is 3.57. The number of thiazole rings is 1. The summed E-state index contributed by atoms with van der Waals surface area (Å²) in [5.41, 5.74) is 1.10. The summed E-state index contributed by atoms with van der Waals surface area (Å²) in [5.74, 6) is 0. The third kappa shape index (κ3) is 3.78. The lowest BCUT2D eigenvalue weighted by atomic mass is 10.4. The molecule has 2 heterocycles. The summed E-state index contributed by atoms with van der Waals surface area (Å²) in [7, 11) is 3.84. The van der Waals surface area contributed by atoms with Crippen molar-refractivity contribution in [3.05, 3.63) is 23.5 Å². The van der Waals surface area contributed by atoms with Crippen LogP contribution in [0.2, 0.25) is 0 Å². The minimum absolute atomic E-state index is 0.786. The molecule has 0 spiro atoms. The fraction of sp³-hybridized carbons (Fsp3) is 0.583. The monoisotopic (exact) mass is 268 g/mol. The maximum absolute atomic E-state index is 5.04. The van der Waals surface area contributed by atoms with Crippen LogP contribution >= 0.6 is 11.3 Å². The van der Waals surface area contributed by atoms with Gasteiger partial charge in [0.25, 0.3) is 0 Å². The van der Waals surface area contributed by atoms with Gasteiger partial charge in [0, 0.05) is 51.1 Å². The smallest absolute Gasteiger partial charge is 0.193 e. The number of rotatable bonds is 8. The summed E-state index contributed by atoms with van der Waals surface area (Å²) >= 11 is 1.66. The van der Waals surface area contributed by atoms with E-state index in [1.807, 2.05) is 11.6 Å². The zero-order valence-electron chi connectivity index (χ0n) is 10.9. The van der Waals surface area contributed by atoms with Crippen LogP contribution in [0.15, 0.2) is 17.8 Å². The molecular weight excluding hydrogens is 248 g/mol. The highest BCUT2D eigenvalue weighted by Crippen LogP contribution is 2.10. The van der Waals surface area contributed by atoms with Gasteiger partial charge in [0.05, 0.1) is 12.3 Å². The van der Waals surface area contributed by atoms with Crippen LogP contribution < -0.4 is 5.32 Å². The summed E-state index contributed by atoms with van der Waals surface area (Å²) in [6.45, 7) is 4.57. The van der Waals surface area contributed by atoms with E-state index in [0.717, 1.165) is 43.4 Å². The first-order valence-corrected chi connectivity index (χ1v) is 6.97. The van der Waals surface area contributed by atoms with Crippen molar-refractivity contribution in [3.63, 3.8) is 0 Å². The van der Waals surface area contributed by atoms with Crippen LogP contribution in [0.25, 0.3) is 4.96 Å². The first-order chi connectivity index (χ1) is 8.79. The molecule has 0 aliphatic heterocycles. The number of aromatic nitrogens is 2. The standard InChI is InChI=1S/C12H20N4OS/c1-15(5-7-17-2)4-3-13-9-11-10-16-6-8-18-12(16)14-11/h6,8,10,13H,3-5,7,9H2,1-2H3. The van der Waals surface area contributed by atoms with Gasteiger partial charge >= 0.3 is 0 Å². The maximum atomic E-state index is 5.04. The van der Waals surface area contributed by atoms with Crippen molar-refractivity contribution in [1.82, 2.24) is 19.6 Å². The summed E-state index contributed by atoms with van der Waals surface area (Å²) in [5, 5.41) is 5.45. The molecule has 0 fully saturated rings. The van der Waals surface area contributed by atoms with E-state index in [4.69, 9.17) is 4.74 Å². The first-order valence-electron chi connectivity index (χ1n) is 6.09. The number of imidazole rings is 1. The maximum Gasteiger partial charge on any atom is 0.193 e. The van der Waals surface area contributed by atoms with Gasteiger partial charge in [-0.25, -0.2) is 4.98 Å². The molecule has 0 unspecified atom stereocenters. The molecule has 6 heteroatoms. The lowest BCUT2D eigenvalue weighted by Gasteiger charge is -2.15. The van der Waals surface area contributed by atoms with Crippen LogP contribution in [0.3, 0.4) is 0 Å². The number of hydrogen-bond acceptors (Lipinski definition) is 5. The number of likely N-dealkylation sites (N-methyl/N-ethyl adjacent to an activating group) is 1. The van der Waals surface area contributed by atoms with Gasteiger partial charge in [-0.15, -0.1) is 11.3 Å². The zero-order valence-corrected chi connectivity index (χ0v) is 11.7. The number of ether oxygens (including phenoxy) is 1. The lowest BCUT2D eigenvalue weighted by Crippen LogP contribution is -2.31. The van der Waals surface area contributed by atoms with Gasteiger partial charge in [0.1, 0.15) is 0 Å². The number of nitrogens with one attached hydrogen (secondary N) is 1. The van der Waals surface area contributed by atoms with Gasteiger partial charge in [-0.2, -0.15) is 0 Å². The molecule has 1 N–H and O–H groups in total. The highest BCUT2D eigenvalue weighted by Gasteiger charge is 2.02. The van der Waals surface area contributed by atoms with E-state index < -0.39 is 0 Å². The Morgan fingerprint density at radius 3 is 3.17 bits per heavy atom. The van der Waals surface area contributed by atoms with Crippen LogP contribution in [0, 0.1) is 0 Å². The van der Waals surface area contributed by atoms with Gasteiger partial charge in [-0.1, -0.05) is 0 Å². The van der Waals surface area contributed by atoms with Crippen LogP contribution in [0.4, 0.5) is 0 Å². The first kappa shape index (κ1) is 13.5. The summed E-state index contributed by atoms with van der Waals surface area (Å²) in [4.78, 5) is 7.84. The van der Waals surface area contributed by atoms with Crippen molar-refractivity contribution in [2.24, 2.45) is 0 Å². The Balaban J connectivity index is 1.65.